The van der Waals surface area contributed by atoms with Gasteiger partial charge in [0.05, 0.1) is 0 Å². The standard InChI is InChI=1S/C22H26N2O/c1-2-13-23-22(6-1)25-17-20-9-7-18(8-10-20)16-19-11-14-24(15-12-19)21-4-3-5-21/h1-2,6-10,13,16,21H,3-5,11-12,14-15,17H2. The van der Waals surface area contributed by atoms with E-state index in [1.54, 1.807) is 11.8 Å². The van der Waals surface area contributed by atoms with Crippen LogP contribution >= 0.6 is 0 Å². The molecule has 1 aliphatic heterocycles. The van der Waals surface area contributed by atoms with Crippen LogP contribution in [0.2, 0.25) is 0 Å². The molecule has 4 rings (SSSR count). The van der Waals surface area contributed by atoms with E-state index in [2.05, 4.69) is 40.2 Å². The van der Waals surface area contributed by atoms with Crippen molar-refractivity contribution < 1.29 is 4.74 Å². The molecule has 2 aromatic rings. The average Bonchev–Trinajstić information content (AvgIpc) is 2.62. The third-order valence-corrected chi connectivity index (χ3v) is 5.41. The molecule has 0 radical (unpaired) electrons. The minimum Gasteiger partial charge on any atom is -0.473 e. The van der Waals surface area contributed by atoms with Gasteiger partial charge in [-0.3, -0.25) is 4.90 Å². The van der Waals surface area contributed by atoms with Crippen molar-refractivity contribution in [1.82, 2.24) is 9.88 Å². The summed E-state index contributed by atoms with van der Waals surface area (Å²) in [5.41, 5.74) is 4.06. The van der Waals surface area contributed by atoms with Crippen LogP contribution in [0, 0.1) is 0 Å². The molecule has 3 heteroatoms. The van der Waals surface area contributed by atoms with E-state index in [0.29, 0.717) is 12.5 Å². The van der Waals surface area contributed by atoms with Crippen molar-refractivity contribution in [1.29, 1.82) is 0 Å². The van der Waals surface area contributed by atoms with Crippen LogP contribution < -0.4 is 4.74 Å². The monoisotopic (exact) mass is 334 g/mol. The molecule has 0 spiro atoms. The minimum absolute atomic E-state index is 0.560. The van der Waals surface area contributed by atoms with Crippen LogP contribution in [0.1, 0.15) is 43.2 Å². The summed E-state index contributed by atoms with van der Waals surface area (Å²) in [4.78, 5) is 6.88. The Balaban J connectivity index is 1.30. The first-order chi connectivity index (χ1) is 12.4. The first kappa shape index (κ1) is 16.3. The molecule has 0 bridgehead atoms. The summed E-state index contributed by atoms with van der Waals surface area (Å²) in [6.45, 7) is 3.04. The maximum atomic E-state index is 5.70. The molecule has 1 saturated heterocycles. The zero-order valence-electron chi connectivity index (χ0n) is 14.7. The topological polar surface area (TPSA) is 25.4 Å². The zero-order valence-corrected chi connectivity index (χ0v) is 14.7. The SMILES string of the molecule is C(=C1CCN(C2CCC2)CC1)c1ccc(COc2ccccn2)cc1. The van der Waals surface area contributed by atoms with Gasteiger partial charge in [-0.1, -0.05) is 48.4 Å². The number of aromatic nitrogens is 1. The van der Waals surface area contributed by atoms with Gasteiger partial charge in [-0.15, -0.1) is 0 Å². The molecule has 1 aromatic carbocycles. The Morgan fingerprint density at radius 3 is 2.48 bits per heavy atom. The van der Waals surface area contributed by atoms with E-state index in [-0.39, 0.29) is 0 Å². The minimum atomic E-state index is 0.560. The van der Waals surface area contributed by atoms with Gasteiger partial charge in [-0.2, -0.15) is 0 Å². The van der Waals surface area contributed by atoms with Crippen molar-refractivity contribution >= 4 is 6.08 Å². The Hall–Kier alpha value is -2.13. The highest BCUT2D eigenvalue weighted by molar-refractivity contribution is 5.53. The van der Waals surface area contributed by atoms with Crippen LogP contribution in [0.5, 0.6) is 5.88 Å². The van der Waals surface area contributed by atoms with Gasteiger partial charge < -0.3 is 4.74 Å². The molecule has 0 atom stereocenters. The first-order valence-electron chi connectivity index (χ1n) is 9.43. The molecule has 1 aromatic heterocycles. The smallest absolute Gasteiger partial charge is 0.213 e. The van der Waals surface area contributed by atoms with Crippen LogP contribution in [0.3, 0.4) is 0 Å². The second-order valence-corrected chi connectivity index (χ2v) is 7.12. The van der Waals surface area contributed by atoms with Crippen LogP contribution in [-0.2, 0) is 6.61 Å². The molecule has 0 N–H and O–H groups in total. The van der Waals surface area contributed by atoms with E-state index in [9.17, 15) is 0 Å². The molecular weight excluding hydrogens is 308 g/mol. The molecule has 25 heavy (non-hydrogen) atoms. The summed E-state index contributed by atoms with van der Waals surface area (Å²) in [6.07, 6.45) is 10.8. The van der Waals surface area contributed by atoms with Gasteiger partial charge in [0.15, 0.2) is 0 Å². The van der Waals surface area contributed by atoms with Gasteiger partial charge in [0.1, 0.15) is 6.61 Å². The maximum Gasteiger partial charge on any atom is 0.213 e. The molecule has 0 amide bonds. The lowest BCUT2D eigenvalue weighted by Crippen LogP contribution is -2.43. The molecular formula is C22H26N2O. The van der Waals surface area contributed by atoms with Crippen molar-refractivity contribution in [2.75, 3.05) is 13.1 Å². The number of hydrogen-bond donors (Lipinski definition) is 0. The van der Waals surface area contributed by atoms with Crippen molar-refractivity contribution in [2.24, 2.45) is 0 Å². The number of benzene rings is 1. The van der Waals surface area contributed by atoms with Gasteiger partial charge in [-0.25, -0.2) is 4.98 Å². The van der Waals surface area contributed by atoms with Crippen molar-refractivity contribution in [3.63, 3.8) is 0 Å². The Morgan fingerprint density at radius 2 is 1.84 bits per heavy atom. The number of rotatable bonds is 5. The molecule has 0 unspecified atom stereocenters. The summed E-state index contributed by atoms with van der Waals surface area (Å²) in [6, 6.07) is 15.3. The summed E-state index contributed by atoms with van der Waals surface area (Å²) in [7, 11) is 0. The van der Waals surface area contributed by atoms with E-state index >= 15 is 0 Å². The Labute approximate surface area is 150 Å². The zero-order chi connectivity index (χ0) is 16.9. The lowest BCUT2D eigenvalue weighted by molar-refractivity contribution is 0.118. The molecule has 1 saturated carbocycles. The van der Waals surface area contributed by atoms with Crippen LogP contribution in [0.4, 0.5) is 0 Å². The van der Waals surface area contributed by atoms with E-state index in [4.69, 9.17) is 4.74 Å². The second-order valence-electron chi connectivity index (χ2n) is 7.12. The number of hydrogen-bond acceptors (Lipinski definition) is 3. The number of ether oxygens (including phenoxy) is 1. The van der Waals surface area contributed by atoms with E-state index in [1.165, 1.54) is 56.3 Å². The van der Waals surface area contributed by atoms with Gasteiger partial charge in [0.2, 0.25) is 5.88 Å². The fourth-order valence-corrected chi connectivity index (χ4v) is 3.61. The summed E-state index contributed by atoms with van der Waals surface area (Å²) < 4.78 is 5.70. The third kappa shape index (κ3) is 4.29. The number of piperidine rings is 1. The predicted molar refractivity (Wildman–Crippen MR) is 101 cm³/mol. The Kier molecular flexibility index (Phi) is 5.12. The summed E-state index contributed by atoms with van der Waals surface area (Å²) >= 11 is 0. The molecule has 3 nitrogen and oxygen atoms in total. The normalized spacial score (nSPS) is 18.6. The highest BCUT2D eigenvalue weighted by Gasteiger charge is 2.26. The third-order valence-electron chi connectivity index (χ3n) is 5.41. The highest BCUT2D eigenvalue weighted by atomic mass is 16.5. The van der Waals surface area contributed by atoms with E-state index in [0.717, 1.165) is 6.04 Å². The summed E-state index contributed by atoms with van der Waals surface area (Å²) in [5.74, 6) is 0.673. The van der Waals surface area contributed by atoms with Gasteiger partial charge in [-0.05, 0) is 42.9 Å². The lowest BCUT2D eigenvalue weighted by atomic mass is 9.89. The fourth-order valence-electron chi connectivity index (χ4n) is 3.61. The molecule has 2 heterocycles. The Bertz CT molecular complexity index is 695. The van der Waals surface area contributed by atoms with Crippen molar-refractivity contribution in [3.8, 4) is 5.88 Å². The van der Waals surface area contributed by atoms with Gasteiger partial charge in [0, 0.05) is 31.4 Å². The quantitative estimate of drug-likeness (QED) is 0.793. The number of likely N-dealkylation sites (tertiary alicyclic amines) is 1. The number of nitrogens with zero attached hydrogens (tertiary/aromatic N) is 2. The molecule has 2 fully saturated rings. The van der Waals surface area contributed by atoms with Crippen LogP contribution in [0.15, 0.2) is 54.2 Å². The van der Waals surface area contributed by atoms with E-state index < -0.39 is 0 Å². The average molecular weight is 334 g/mol. The molecule has 2 aliphatic rings. The Morgan fingerprint density at radius 1 is 1.04 bits per heavy atom. The fraction of sp³-hybridized carbons (Fsp3) is 0.409. The van der Waals surface area contributed by atoms with Gasteiger partial charge in [0.25, 0.3) is 0 Å². The van der Waals surface area contributed by atoms with Crippen LogP contribution in [-0.4, -0.2) is 29.0 Å². The highest BCUT2D eigenvalue weighted by Crippen LogP contribution is 2.29. The largest absolute Gasteiger partial charge is 0.473 e. The van der Waals surface area contributed by atoms with Crippen molar-refractivity contribution in [2.45, 2.75) is 44.8 Å². The van der Waals surface area contributed by atoms with E-state index in [1.807, 2.05) is 18.2 Å². The number of pyridine rings is 1. The molecule has 130 valence electrons. The van der Waals surface area contributed by atoms with Gasteiger partial charge >= 0.3 is 0 Å². The van der Waals surface area contributed by atoms with Crippen molar-refractivity contribution in [3.05, 3.63) is 65.4 Å². The second kappa shape index (κ2) is 7.83. The predicted octanol–water partition coefficient (Wildman–Crippen LogP) is 4.69. The summed E-state index contributed by atoms with van der Waals surface area (Å²) in [5, 5.41) is 0. The maximum absolute atomic E-state index is 5.70. The molecule has 1 aliphatic carbocycles. The first-order valence-corrected chi connectivity index (χ1v) is 9.43. The lowest BCUT2D eigenvalue weighted by Gasteiger charge is -2.40. The van der Waals surface area contributed by atoms with Crippen LogP contribution in [0.25, 0.3) is 6.08 Å².